The molecule has 0 fully saturated rings. The van der Waals surface area contributed by atoms with E-state index in [-0.39, 0.29) is 0 Å². The molecule has 1 atom stereocenters. The van der Waals surface area contributed by atoms with E-state index in [0.29, 0.717) is 0 Å². The number of aryl methyl sites for hydroxylation is 1. The Kier molecular flexibility index (Phi) is 2.73. The highest BCUT2D eigenvalue weighted by Crippen LogP contribution is 2.26. The van der Waals surface area contributed by atoms with Crippen molar-refractivity contribution in [2.75, 3.05) is 19.3 Å². The van der Waals surface area contributed by atoms with Crippen molar-refractivity contribution in [3.63, 3.8) is 0 Å². The molecule has 3 N–H and O–H groups in total. The van der Waals surface area contributed by atoms with E-state index in [1.165, 1.54) is 30.4 Å². The second-order valence-electron chi connectivity index (χ2n) is 4.19. The van der Waals surface area contributed by atoms with Crippen LogP contribution in [0.25, 0.3) is 0 Å². The lowest BCUT2D eigenvalue weighted by molar-refractivity contribution is 0.440. The number of nitrogens with one attached hydrogen (secondary N) is 1. The average Bonchev–Trinajstić information content (AvgIpc) is 2.17. The highest BCUT2D eigenvalue weighted by atomic mass is 14.8. The fraction of sp³-hybridized carbons (Fsp3) is 0.500. The van der Waals surface area contributed by atoms with Crippen molar-refractivity contribution < 1.29 is 0 Å². The smallest absolute Gasteiger partial charge is 0.0316 e. The third kappa shape index (κ3) is 1.90. The molecule has 0 saturated heterocycles. The van der Waals surface area contributed by atoms with E-state index in [0.717, 1.165) is 18.2 Å². The van der Waals surface area contributed by atoms with Crippen LogP contribution in [0.1, 0.15) is 17.5 Å². The highest BCUT2D eigenvalue weighted by molar-refractivity contribution is 5.45. The second kappa shape index (κ2) is 4.01. The molecule has 0 bridgehead atoms. The fourth-order valence-electron chi connectivity index (χ4n) is 2.32. The maximum absolute atomic E-state index is 5.79. The van der Waals surface area contributed by atoms with Gasteiger partial charge in [0.1, 0.15) is 0 Å². The van der Waals surface area contributed by atoms with Crippen LogP contribution in [0.2, 0.25) is 0 Å². The van der Waals surface area contributed by atoms with Crippen molar-refractivity contribution in [3.8, 4) is 0 Å². The Morgan fingerprint density at radius 2 is 2.29 bits per heavy atom. The summed E-state index contributed by atoms with van der Waals surface area (Å²) in [6.45, 7) is 1.12. The molecule has 0 aromatic heterocycles. The minimum atomic E-state index is 0.786. The van der Waals surface area contributed by atoms with Crippen LogP contribution in [-0.2, 0) is 12.8 Å². The average molecular weight is 190 g/mol. The normalized spacial score (nSPS) is 20.5. The summed E-state index contributed by atoms with van der Waals surface area (Å²) in [6.07, 6.45) is 3.70. The third-order valence-electron chi connectivity index (χ3n) is 3.05. The van der Waals surface area contributed by atoms with Gasteiger partial charge >= 0.3 is 0 Å². The van der Waals surface area contributed by atoms with Crippen LogP contribution in [0.15, 0.2) is 18.2 Å². The fourth-order valence-corrected chi connectivity index (χ4v) is 2.32. The number of anilines is 1. The Hall–Kier alpha value is -1.02. The number of hydrogen-bond acceptors (Lipinski definition) is 2. The summed E-state index contributed by atoms with van der Waals surface area (Å²) >= 11 is 0. The van der Waals surface area contributed by atoms with Gasteiger partial charge in [-0.05, 0) is 62.0 Å². The van der Waals surface area contributed by atoms with Crippen LogP contribution in [-0.4, -0.2) is 13.6 Å². The largest absolute Gasteiger partial charge is 0.399 e. The molecule has 1 aromatic carbocycles. The molecule has 0 radical (unpaired) electrons. The van der Waals surface area contributed by atoms with Gasteiger partial charge in [0.25, 0.3) is 0 Å². The van der Waals surface area contributed by atoms with Gasteiger partial charge in [0.2, 0.25) is 0 Å². The first kappa shape index (κ1) is 9.53. The molecular formula is C12H18N2. The number of nitrogens with two attached hydrogens (primary N) is 1. The van der Waals surface area contributed by atoms with Gasteiger partial charge in [-0.15, -0.1) is 0 Å². The Bertz CT molecular complexity index is 320. The Labute approximate surface area is 85.5 Å². The summed E-state index contributed by atoms with van der Waals surface area (Å²) in [7, 11) is 2.02. The third-order valence-corrected chi connectivity index (χ3v) is 3.05. The molecule has 2 nitrogen and oxygen atoms in total. The Morgan fingerprint density at radius 1 is 1.43 bits per heavy atom. The van der Waals surface area contributed by atoms with Gasteiger partial charge in [-0.25, -0.2) is 0 Å². The lowest BCUT2D eigenvalue weighted by atomic mass is 9.84. The minimum Gasteiger partial charge on any atom is -0.399 e. The molecule has 1 aliphatic carbocycles. The summed E-state index contributed by atoms with van der Waals surface area (Å²) in [5.41, 5.74) is 9.63. The maximum Gasteiger partial charge on any atom is 0.0316 e. The van der Waals surface area contributed by atoms with Gasteiger partial charge < -0.3 is 11.1 Å². The lowest BCUT2D eigenvalue weighted by Gasteiger charge is -2.24. The minimum absolute atomic E-state index is 0.786. The van der Waals surface area contributed by atoms with Crippen LogP contribution < -0.4 is 11.1 Å². The van der Waals surface area contributed by atoms with Crippen LogP contribution >= 0.6 is 0 Å². The zero-order valence-electron chi connectivity index (χ0n) is 8.72. The van der Waals surface area contributed by atoms with Crippen molar-refractivity contribution in [1.82, 2.24) is 5.32 Å². The Balaban J connectivity index is 2.16. The molecule has 14 heavy (non-hydrogen) atoms. The zero-order valence-corrected chi connectivity index (χ0v) is 8.72. The molecular weight excluding hydrogens is 172 g/mol. The second-order valence-corrected chi connectivity index (χ2v) is 4.19. The summed E-state index contributed by atoms with van der Waals surface area (Å²) in [4.78, 5) is 0. The van der Waals surface area contributed by atoms with E-state index < -0.39 is 0 Å². The van der Waals surface area contributed by atoms with Crippen LogP contribution in [0.5, 0.6) is 0 Å². The van der Waals surface area contributed by atoms with Gasteiger partial charge in [0, 0.05) is 5.69 Å². The summed E-state index contributed by atoms with van der Waals surface area (Å²) in [5.74, 6) is 0.786. The number of rotatable bonds is 2. The van der Waals surface area contributed by atoms with E-state index in [9.17, 15) is 0 Å². The molecule has 1 aromatic rings. The van der Waals surface area contributed by atoms with Crippen molar-refractivity contribution in [2.24, 2.45) is 5.92 Å². The quantitative estimate of drug-likeness (QED) is 0.695. The van der Waals surface area contributed by atoms with Gasteiger partial charge in [0.05, 0.1) is 0 Å². The first-order chi connectivity index (χ1) is 6.79. The number of nitrogen functional groups attached to an aromatic ring is 1. The number of hydrogen-bond donors (Lipinski definition) is 2. The molecule has 0 heterocycles. The molecule has 2 heteroatoms. The van der Waals surface area contributed by atoms with Crippen LogP contribution in [0.4, 0.5) is 5.69 Å². The summed E-state index contributed by atoms with van der Waals surface area (Å²) < 4.78 is 0. The van der Waals surface area contributed by atoms with E-state index in [4.69, 9.17) is 5.73 Å². The van der Waals surface area contributed by atoms with Crippen molar-refractivity contribution in [2.45, 2.75) is 19.3 Å². The first-order valence-electron chi connectivity index (χ1n) is 5.31. The van der Waals surface area contributed by atoms with Crippen LogP contribution in [0, 0.1) is 5.92 Å². The molecule has 1 aliphatic rings. The summed E-state index contributed by atoms with van der Waals surface area (Å²) in [5, 5.41) is 3.25. The van der Waals surface area contributed by atoms with E-state index in [1.54, 1.807) is 0 Å². The Morgan fingerprint density at radius 3 is 3.07 bits per heavy atom. The lowest BCUT2D eigenvalue weighted by Crippen LogP contribution is -2.24. The molecule has 1 unspecified atom stereocenters. The van der Waals surface area contributed by atoms with Crippen LogP contribution in [0.3, 0.4) is 0 Å². The van der Waals surface area contributed by atoms with Gasteiger partial charge in [-0.3, -0.25) is 0 Å². The summed E-state index contributed by atoms with van der Waals surface area (Å²) in [6, 6.07) is 6.33. The van der Waals surface area contributed by atoms with Gasteiger partial charge in [-0.2, -0.15) is 0 Å². The molecule has 76 valence electrons. The van der Waals surface area contributed by atoms with E-state index in [2.05, 4.69) is 17.4 Å². The molecule has 0 saturated carbocycles. The van der Waals surface area contributed by atoms with E-state index >= 15 is 0 Å². The van der Waals surface area contributed by atoms with Gasteiger partial charge in [0.15, 0.2) is 0 Å². The van der Waals surface area contributed by atoms with Crippen molar-refractivity contribution >= 4 is 5.69 Å². The number of benzene rings is 1. The van der Waals surface area contributed by atoms with E-state index in [1.807, 2.05) is 13.1 Å². The molecule has 0 aliphatic heterocycles. The molecule has 2 rings (SSSR count). The van der Waals surface area contributed by atoms with Gasteiger partial charge in [-0.1, -0.05) is 6.07 Å². The highest BCUT2D eigenvalue weighted by Gasteiger charge is 2.17. The predicted octanol–water partition coefficient (Wildman–Crippen LogP) is 1.59. The zero-order chi connectivity index (χ0) is 9.97. The van der Waals surface area contributed by atoms with Crippen molar-refractivity contribution in [3.05, 3.63) is 29.3 Å². The van der Waals surface area contributed by atoms with Crippen molar-refractivity contribution in [1.29, 1.82) is 0 Å². The SMILES string of the molecule is CNCC1CCc2ccc(N)cc2C1. The standard InChI is InChI=1S/C12H18N2/c1-14-8-9-2-3-10-4-5-12(13)7-11(10)6-9/h4-5,7,9,14H,2-3,6,8,13H2,1H3. The maximum atomic E-state index is 5.79. The predicted molar refractivity (Wildman–Crippen MR) is 60.3 cm³/mol. The topological polar surface area (TPSA) is 38.0 Å². The number of fused-ring (bicyclic) bond motifs is 1. The molecule has 0 amide bonds. The monoisotopic (exact) mass is 190 g/mol. The first-order valence-corrected chi connectivity index (χ1v) is 5.31. The molecule has 0 spiro atoms.